The van der Waals surface area contributed by atoms with E-state index in [1.165, 1.54) is 0 Å². The van der Waals surface area contributed by atoms with Gasteiger partial charge in [-0.2, -0.15) is 0 Å². The number of nitrogens with two attached hydrogens (primary N) is 1. The zero-order chi connectivity index (χ0) is 11.0. The third kappa shape index (κ3) is 8.44. The summed E-state index contributed by atoms with van der Waals surface area (Å²) >= 11 is 0. The van der Waals surface area contributed by atoms with E-state index in [2.05, 4.69) is 42.9 Å². The molecule has 4 nitrogen and oxygen atoms in total. The molecule has 0 aromatic heterocycles. The lowest BCUT2D eigenvalue weighted by Gasteiger charge is -2.24. The van der Waals surface area contributed by atoms with E-state index in [1.54, 1.807) is 0 Å². The van der Waals surface area contributed by atoms with Crippen molar-refractivity contribution in [2.75, 3.05) is 67.5 Å². The van der Waals surface area contributed by atoms with Crippen LogP contribution in [-0.2, 0) is 0 Å². The molecule has 14 heavy (non-hydrogen) atoms. The molecular formula is C10H26N4. The van der Waals surface area contributed by atoms with Crippen LogP contribution in [-0.4, -0.2) is 82.2 Å². The van der Waals surface area contributed by atoms with Crippen LogP contribution >= 0.6 is 0 Å². The van der Waals surface area contributed by atoms with Crippen molar-refractivity contribution in [3.05, 3.63) is 0 Å². The van der Waals surface area contributed by atoms with E-state index < -0.39 is 0 Å². The lowest BCUT2D eigenvalue weighted by atomic mass is 10.4. The molecule has 0 saturated heterocycles. The van der Waals surface area contributed by atoms with E-state index in [4.69, 9.17) is 5.73 Å². The van der Waals surface area contributed by atoms with Crippen molar-refractivity contribution in [2.24, 2.45) is 5.73 Å². The SMILES string of the molecule is CN(C)CCN(CCN)CCN(C)C. The fourth-order valence-electron chi connectivity index (χ4n) is 1.20. The van der Waals surface area contributed by atoms with Gasteiger partial charge in [-0.15, -0.1) is 0 Å². The first kappa shape index (κ1) is 13.8. The monoisotopic (exact) mass is 202 g/mol. The molecule has 0 rings (SSSR count). The molecule has 0 aromatic rings. The van der Waals surface area contributed by atoms with Gasteiger partial charge in [-0.3, -0.25) is 4.90 Å². The molecule has 0 unspecified atom stereocenters. The quantitative estimate of drug-likeness (QED) is 0.568. The van der Waals surface area contributed by atoms with Gasteiger partial charge < -0.3 is 15.5 Å². The minimum absolute atomic E-state index is 0.751. The van der Waals surface area contributed by atoms with Crippen LogP contribution < -0.4 is 5.73 Å². The summed E-state index contributed by atoms with van der Waals surface area (Å²) in [5.41, 5.74) is 5.57. The van der Waals surface area contributed by atoms with Gasteiger partial charge in [0.1, 0.15) is 0 Å². The van der Waals surface area contributed by atoms with Crippen LogP contribution in [0.1, 0.15) is 0 Å². The first-order valence-corrected chi connectivity index (χ1v) is 5.28. The maximum atomic E-state index is 5.57. The smallest absolute Gasteiger partial charge is 0.0110 e. The summed E-state index contributed by atoms with van der Waals surface area (Å²) < 4.78 is 0. The van der Waals surface area contributed by atoms with Gasteiger partial charge >= 0.3 is 0 Å². The van der Waals surface area contributed by atoms with E-state index in [0.29, 0.717) is 0 Å². The molecule has 0 aromatic carbocycles. The first-order valence-electron chi connectivity index (χ1n) is 5.28. The number of hydrogen-bond donors (Lipinski definition) is 1. The third-order valence-corrected chi connectivity index (χ3v) is 2.17. The Balaban J connectivity index is 3.65. The Kier molecular flexibility index (Phi) is 8.08. The lowest BCUT2D eigenvalue weighted by Crippen LogP contribution is -2.39. The Morgan fingerprint density at radius 1 is 0.714 bits per heavy atom. The third-order valence-electron chi connectivity index (χ3n) is 2.17. The minimum atomic E-state index is 0.751. The molecule has 0 aliphatic rings. The summed E-state index contributed by atoms with van der Waals surface area (Å²) in [5, 5.41) is 0. The predicted molar refractivity (Wildman–Crippen MR) is 62.6 cm³/mol. The molecule has 0 fully saturated rings. The highest BCUT2D eigenvalue weighted by atomic mass is 15.2. The fourth-order valence-corrected chi connectivity index (χ4v) is 1.20. The molecule has 0 spiro atoms. The summed E-state index contributed by atoms with van der Waals surface area (Å²) in [5.74, 6) is 0. The van der Waals surface area contributed by atoms with Crippen LogP contribution in [0.5, 0.6) is 0 Å². The van der Waals surface area contributed by atoms with Gasteiger partial charge in [-0.1, -0.05) is 0 Å². The predicted octanol–water partition coefficient (Wildman–Crippen LogP) is -0.630. The summed E-state index contributed by atoms with van der Waals surface area (Å²) in [6.07, 6.45) is 0. The second kappa shape index (κ2) is 8.17. The van der Waals surface area contributed by atoms with Crippen LogP contribution in [0.25, 0.3) is 0 Å². The van der Waals surface area contributed by atoms with E-state index in [0.717, 1.165) is 39.3 Å². The standard InChI is InChI=1S/C10H26N4/c1-12(2)7-9-14(6-5-11)10-8-13(3)4/h5-11H2,1-4H3. The Morgan fingerprint density at radius 2 is 1.14 bits per heavy atom. The maximum Gasteiger partial charge on any atom is 0.0110 e. The Labute approximate surface area is 88.6 Å². The minimum Gasteiger partial charge on any atom is -0.329 e. The van der Waals surface area contributed by atoms with Gasteiger partial charge in [-0.05, 0) is 28.2 Å². The van der Waals surface area contributed by atoms with Gasteiger partial charge in [0.05, 0.1) is 0 Å². The summed E-state index contributed by atoms with van der Waals surface area (Å²) in [6.45, 7) is 6.18. The van der Waals surface area contributed by atoms with E-state index >= 15 is 0 Å². The molecule has 0 radical (unpaired) electrons. The van der Waals surface area contributed by atoms with Gasteiger partial charge in [0.2, 0.25) is 0 Å². The van der Waals surface area contributed by atoms with Crippen molar-refractivity contribution in [1.82, 2.24) is 14.7 Å². The highest BCUT2D eigenvalue weighted by molar-refractivity contribution is 4.61. The molecular weight excluding hydrogens is 176 g/mol. The van der Waals surface area contributed by atoms with Crippen molar-refractivity contribution in [3.8, 4) is 0 Å². The summed E-state index contributed by atoms with van der Waals surface area (Å²) in [6, 6.07) is 0. The zero-order valence-electron chi connectivity index (χ0n) is 10.2. The van der Waals surface area contributed by atoms with E-state index in [9.17, 15) is 0 Å². The topological polar surface area (TPSA) is 35.7 Å². The van der Waals surface area contributed by atoms with Crippen molar-refractivity contribution in [1.29, 1.82) is 0 Å². The molecule has 4 heteroatoms. The Morgan fingerprint density at radius 3 is 1.43 bits per heavy atom. The van der Waals surface area contributed by atoms with E-state index in [-0.39, 0.29) is 0 Å². The first-order chi connectivity index (χ1) is 6.56. The number of hydrogen-bond acceptors (Lipinski definition) is 4. The van der Waals surface area contributed by atoms with Crippen molar-refractivity contribution < 1.29 is 0 Å². The fraction of sp³-hybridized carbons (Fsp3) is 1.00. The van der Waals surface area contributed by atoms with Crippen molar-refractivity contribution in [2.45, 2.75) is 0 Å². The van der Waals surface area contributed by atoms with Gasteiger partial charge in [0.25, 0.3) is 0 Å². The summed E-state index contributed by atoms with van der Waals surface area (Å²) in [7, 11) is 8.41. The average molecular weight is 202 g/mol. The number of nitrogens with zero attached hydrogens (tertiary/aromatic N) is 3. The average Bonchev–Trinajstić information content (AvgIpc) is 2.09. The van der Waals surface area contributed by atoms with Crippen LogP contribution in [0.15, 0.2) is 0 Å². The zero-order valence-corrected chi connectivity index (χ0v) is 10.2. The Hall–Kier alpha value is -0.160. The second-order valence-electron chi connectivity index (χ2n) is 4.24. The maximum absolute atomic E-state index is 5.57. The highest BCUT2D eigenvalue weighted by Gasteiger charge is 2.04. The number of rotatable bonds is 8. The lowest BCUT2D eigenvalue weighted by molar-refractivity contribution is 0.223. The van der Waals surface area contributed by atoms with Gasteiger partial charge in [0, 0.05) is 39.3 Å². The number of likely N-dealkylation sites (N-methyl/N-ethyl adjacent to an activating group) is 2. The Bertz CT molecular complexity index is 113. The molecule has 0 saturated carbocycles. The van der Waals surface area contributed by atoms with Crippen LogP contribution in [0.3, 0.4) is 0 Å². The molecule has 2 N–H and O–H groups in total. The highest BCUT2D eigenvalue weighted by Crippen LogP contribution is 1.89. The largest absolute Gasteiger partial charge is 0.329 e. The molecule has 86 valence electrons. The molecule has 0 aliphatic heterocycles. The molecule has 0 bridgehead atoms. The normalized spacial score (nSPS) is 12.0. The summed E-state index contributed by atoms with van der Waals surface area (Å²) in [4.78, 5) is 6.83. The molecule has 0 heterocycles. The van der Waals surface area contributed by atoms with Crippen molar-refractivity contribution in [3.63, 3.8) is 0 Å². The second-order valence-corrected chi connectivity index (χ2v) is 4.24. The van der Waals surface area contributed by atoms with Crippen LogP contribution in [0, 0.1) is 0 Å². The molecule has 0 aliphatic carbocycles. The van der Waals surface area contributed by atoms with Gasteiger partial charge in [0.15, 0.2) is 0 Å². The van der Waals surface area contributed by atoms with Gasteiger partial charge in [-0.25, -0.2) is 0 Å². The van der Waals surface area contributed by atoms with Crippen LogP contribution in [0.4, 0.5) is 0 Å². The van der Waals surface area contributed by atoms with E-state index in [1.807, 2.05) is 0 Å². The molecule has 0 atom stereocenters. The van der Waals surface area contributed by atoms with Crippen molar-refractivity contribution >= 4 is 0 Å². The van der Waals surface area contributed by atoms with Crippen LogP contribution in [0.2, 0.25) is 0 Å². The molecule has 0 amide bonds.